The van der Waals surface area contributed by atoms with Crippen molar-refractivity contribution in [2.45, 2.75) is 56.3 Å². The quantitative estimate of drug-likeness (QED) is 0.413. The Bertz CT molecular complexity index is 835. The fourth-order valence-corrected chi connectivity index (χ4v) is 4.02. The monoisotopic (exact) mass is 417 g/mol. The molecule has 152 valence electrons. The van der Waals surface area contributed by atoms with E-state index >= 15 is 0 Å². The van der Waals surface area contributed by atoms with Gasteiger partial charge in [-0.15, -0.1) is 0 Å². The lowest BCUT2D eigenvalue weighted by Gasteiger charge is -2.37. The number of sulfonamides is 1. The molecule has 0 amide bonds. The Kier molecular flexibility index (Phi) is 5.90. The van der Waals surface area contributed by atoms with Gasteiger partial charge in [-0.2, -0.15) is 0 Å². The van der Waals surface area contributed by atoms with Crippen molar-refractivity contribution in [1.82, 2.24) is 0 Å². The summed E-state index contributed by atoms with van der Waals surface area (Å²) in [6.45, 7) is 11.5. The van der Waals surface area contributed by atoms with E-state index in [1.165, 1.54) is 6.07 Å². The van der Waals surface area contributed by atoms with Gasteiger partial charge in [0.1, 0.15) is 6.61 Å². The Labute approximate surface area is 160 Å². The van der Waals surface area contributed by atoms with Crippen LogP contribution >= 0.6 is 0 Å². The molecule has 1 heterocycles. The maximum absolute atomic E-state index is 11.5. The normalized spacial score (nSPS) is 17.6. The van der Waals surface area contributed by atoms with Crippen molar-refractivity contribution >= 4 is 29.7 Å². The van der Waals surface area contributed by atoms with Crippen LogP contribution in [0.2, 0.25) is 18.1 Å². The molecule has 11 heteroatoms. The van der Waals surface area contributed by atoms with E-state index in [0.717, 1.165) is 6.07 Å². The first kappa shape index (κ1) is 21.6. The molecule has 0 spiro atoms. The van der Waals surface area contributed by atoms with Crippen LogP contribution < -0.4 is 15.2 Å². The molecule has 2 rings (SSSR count). The number of nitrogens with two attached hydrogens (primary N) is 1. The predicted octanol–water partition coefficient (Wildman–Crippen LogP) is 2.83. The highest BCUT2D eigenvalue weighted by molar-refractivity contribution is 7.89. The van der Waals surface area contributed by atoms with Gasteiger partial charge in [0.15, 0.2) is 19.8 Å². The highest BCUT2D eigenvalue weighted by Gasteiger charge is 2.37. The summed E-state index contributed by atoms with van der Waals surface area (Å²) in [6.07, 6.45) is 0.611. The molecule has 0 fully saturated rings. The Morgan fingerprint density at radius 3 is 2.56 bits per heavy atom. The number of benzene rings is 1. The Morgan fingerprint density at radius 1 is 1.41 bits per heavy atom. The molecule has 0 bridgehead atoms. The van der Waals surface area contributed by atoms with Gasteiger partial charge in [-0.05, 0) is 24.6 Å². The van der Waals surface area contributed by atoms with Crippen LogP contribution in [-0.2, 0) is 14.4 Å². The topological polar surface area (TPSA) is 134 Å². The van der Waals surface area contributed by atoms with Gasteiger partial charge in [-0.3, -0.25) is 10.1 Å². The number of nitro groups is 1. The second-order valence-electron chi connectivity index (χ2n) is 8.17. The summed E-state index contributed by atoms with van der Waals surface area (Å²) in [7, 11) is -5.95. The molecular formula is C16H27N3O6SSi. The van der Waals surface area contributed by atoms with Crippen LogP contribution in [0.3, 0.4) is 0 Å². The molecule has 1 aromatic carbocycles. The summed E-state index contributed by atoms with van der Waals surface area (Å²) in [5, 5.41) is 19.6. The first-order valence-corrected chi connectivity index (χ1v) is 13.1. The lowest BCUT2D eigenvalue weighted by Crippen LogP contribution is -2.42. The van der Waals surface area contributed by atoms with Crippen molar-refractivity contribution in [2.24, 2.45) is 5.14 Å². The minimum absolute atomic E-state index is 0.0962. The summed E-state index contributed by atoms with van der Waals surface area (Å²) < 4.78 is 34.8. The van der Waals surface area contributed by atoms with Gasteiger partial charge in [0.2, 0.25) is 10.0 Å². The van der Waals surface area contributed by atoms with Gasteiger partial charge < -0.3 is 14.5 Å². The molecule has 0 unspecified atom stereocenters. The van der Waals surface area contributed by atoms with E-state index in [-0.39, 0.29) is 39.7 Å². The highest BCUT2D eigenvalue weighted by Crippen LogP contribution is 2.40. The van der Waals surface area contributed by atoms with Crippen molar-refractivity contribution in [3.8, 4) is 5.75 Å². The molecule has 1 atom stereocenters. The third-order valence-electron chi connectivity index (χ3n) is 5.10. The van der Waals surface area contributed by atoms with Gasteiger partial charge in [0.25, 0.3) is 5.69 Å². The van der Waals surface area contributed by atoms with Crippen molar-refractivity contribution in [3.63, 3.8) is 0 Å². The zero-order valence-corrected chi connectivity index (χ0v) is 18.1. The van der Waals surface area contributed by atoms with Crippen molar-refractivity contribution in [2.75, 3.05) is 18.5 Å². The van der Waals surface area contributed by atoms with Gasteiger partial charge in [0, 0.05) is 18.7 Å². The smallest absolute Gasteiger partial charge is 0.297 e. The second-order valence-corrected chi connectivity index (χ2v) is 14.5. The molecule has 0 radical (unpaired) electrons. The van der Waals surface area contributed by atoms with Crippen LogP contribution in [0.1, 0.15) is 27.2 Å². The first-order valence-electron chi connectivity index (χ1n) is 8.61. The largest absolute Gasteiger partial charge is 0.489 e. The third kappa shape index (κ3) is 4.97. The van der Waals surface area contributed by atoms with Crippen LogP contribution in [0.25, 0.3) is 0 Å². The van der Waals surface area contributed by atoms with Crippen LogP contribution in [0, 0.1) is 10.1 Å². The molecule has 27 heavy (non-hydrogen) atoms. The fourth-order valence-electron chi connectivity index (χ4n) is 2.41. The number of nitro benzene ring substituents is 1. The van der Waals surface area contributed by atoms with E-state index in [2.05, 4.69) is 39.2 Å². The number of ether oxygens (including phenoxy) is 1. The SMILES string of the molecule is CC(C)(C)[Si](C)(C)OCC[C@@H]1COc2cc(S(N)(=O)=O)cc([N+](=O)[O-])c2N1. The summed E-state index contributed by atoms with van der Waals surface area (Å²) in [4.78, 5) is 10.4. The zero-order chi connectivity index (χ0) is 20.6. The molecule has 0 aliphatic carbocycles. The molecule has 0 saturated heterocycles. The molecule has 0 saturated carbocycles. The van der Waals surface area contributed by atoms with Crippen LogP contribution in [0.15, 0.2) is 17.0 Å². The van der Waals surface area contributed by atoms with Crippen molar-refractivity contribution in [1.29, 1.82) is 0 Å². The van der Waals surface area contributed by atoms with Crippen molar-refractivity contribution < 1.29 is 22.5 Å². The molecule has 3 N–H and O–H groups in total. The van der Waals surface area contributed by atoms with Gasteiger partial charge >= 0.3 is 0 Å². The molecular weight excluding hydrogens is 390 g/mol. The van der Waals surface area contributed by atoms with E-state index in [0.29, 0.717) is 13.0 Å². The molecule has 0 aromatic heterocycles. The van der Waals surface area contributed by atoms with Crippen LogP contribution in [0.5, 0.6) is 5.75 Å². The molecule has 1 aliphatic rings. The number of rotatable bonds is 6. The molecule has 1 aromatic rings. The molecule has 1 aliphatic heterocycles. The summed E-state index contributed by atoms with van der Waals surface area (Å²) in [6, 6.07) is 1.97. The van der Waals surface area contributed by atoms with Crippen LogP contribution in [-0.4, -0.2) is 40.9 Å². The van der Waals surface area contributed by atoms with E-state index in [4.69, 9.17) is 14.3 Å². The zero-order valence-electron chi connectivity index (χ0n) is 16.2. The lowest BCUT2D eigenvalue weighted by molar-refractivity contribution is -0.384. The minimum Gasteiger partial charge on any atom is -0.489 e. The predicted molar refractivity (Wildman–Crippen MR) is 105 cm³/mol. The molecule has 9 nitrogen and oxygen atoms in total. The number of nitrogens with one attached hydrogen (secondary N) is 1. The standard InChI is InChI=1S/C16H27N3O6SSi/c1-16(2,3)27(4,5)25-7-6-11-10-24-14-9-12(26(17,22)23)8-13(19(20)21)15(14)18-11/h8-9,11,18H,6-7,10H2,1-5H3,(H2,17,22,23)/t11-/m1/s1. The summed E-state index contributed by atoms with van der Waals surface area (Å²) in [5.41, 5.74) is -0.220. The van der Waals surface area contributed by atoms with Crippen LogP contribution in [0.4, 0.5) is 11.4 Å². The Balaban J connectivity index is 2.15. The maximum atomic E-state index is 11.5. The van der Waals surface area contributed by atoms with E-state index in [1.54, 1.807) is 0 Å². The number of fused-ring (bicyclic) bond motifs is 1. The summed E-state index contributed by atoms with van der Waals surface area (Å²) >= 11 is 0. The number of anilines is 1. The van der Waals surface area contributed by atoms with Gasteiger partial charge in [-0.25, -0.2) is 13.6 Å². The number of nitrogens with zero attached hydrogens (tertiary/aromatic N) is 1. The third-order valence-corrected chi connectivity index (χ3v) is 10.5. The second kappa shape index (κ2) is 7.38. The Morgan fingerprint density at radius 2 is 2.04 bits per heavy atom. The van der Waals surface area contributed by atoms with Gasteiger partial charge in [-0.1, -0.05) is 20.8 Å². The fraction of sp³-hybridized carbons (Fsp3) is 0.625. The minimum atomic E-state index is -4.08. The van der Waals surface area contributed by atoms with E-state index in [9.17, 15) is 18.5 Å². The van der Waals surface area contributed by atoms with E-state index in [1.807, 2.05) is 0 Å². The van der Waals surface area contributed by atoms with Crippen molar-refractivity contribution in [3.05, 3.63) is 22.2 Å². The lowest BCUT2D eigenvalue weighted by atomic mass is 10.1. The average molecular weight is 418 g/mol. The number of hydrogen-bond acceptors (Lipinski definition) is 7. The first-order chi connectivity index (χ1) is 12.2. The van der Waals surface area contributed by atoms with E-state index < -0.39 is 23.3 Å². The number of hydrogen-bond donors (Lipinski definition) is 2. The Hall–Kier alpha value is -1.69. The average Bonchev–Trinajstić information content (AvgIpc) is 2.51. The summed E-state index contributed by atoms with van der Waals surface area (Å²) in [5.74, 6) is 0.106. The highest BCUT2D eigenvalue weighted by atomic mass is 32.2. The maximum Gasteiger partial charge on any atom is 0.297 e. The number of primary sulfonamides is 1. The van der Waals surface area contributed by atoms with Gasteiger partial charge in [0.05, 0.1) is 15.9 Å².